The fourth-order valence-electron chi connectivity index (χ4n) is 2.47. The second-order valence-electron chi connectivity index (χ2n) is 6.13. The van der Waals surface area contributed by atoms with Crippen molar-refractivity contribution in [3.8, 4) is 5.82 Å². The largest absolute Gasteiger partial charge is 0.472 e. The Bertz CT molecular complexity index is 1160. The van der Waals surface area contributed by atoms with Gasteiger partial charge in [-0.25, -0.2) is 10.1 Å². The van der Waals surface area contributed by atoms with Gasteiger partial charge in [0.05, 0.1) is 24.4 Å². The Morgan fingerprint density at radius 1 is 1.30 bits per heavy atom. The van der Waals surface area contributed by atoms with Gasteiger partial charge in [0, 0.05) is 16.2 Å². The van der Waals surface area contributed by atoms with Gasteiger partial charge in [-0.15, -0.1) is 16.9 Å². The van der Waals surface area contributed by atoms with Crippen molar-refractivity contribution in [3.63, 3.8) is 0 Å². The Morgan fingerprint density at radius 2 is 2.13 bits per heavy atom. The van der Waals surface area contributed by atoms with E-state index in [4.69, 9.17) is 10.2 Å². The number of aryl methyl sites for hydroxylation is 1. The van der Waals surface area contributed by atoms with Crippen molar-refractivity contribution in [2.45, 2.75) is 17.6 Å². The van der Waals surface area contributed by atoms with Gasteiger partial charge in [0.25, 0.3) is 5.91 Å². The molecular weight excluding hydrogens is 408 g/mol. The molecule has 3 heterocycles. The monoisotopic (exact) mass is 424 g/mol. The van der Waals surface area contributed by atoms with Gasteiger partial charge in [-0.1, -0.05) is 22.9 Å². The number of furan rings is 1. The minimum absolute atomic E-state index is 0.0337. The van der Waals surface area contributed by atoms with Crippen molar-refractivity contribution in [1.82, 2.24) is 30.7 Å². The summed E-state index contributed by atoms with van der Waals surface area (Å²) in [5, 5.41) is 19.2. The van der Waals surface area contributed by atoms with E-state index in [9.17, 15) is 4.79 Å². The number of carbonyl (C=O) groups is 1. The molecule has 3 N–H and O–H groups in total. The van der Waals surface area contributed by atoms with Gasteiger partial charge in [0.15, 0.2) is 5.69 Å². The Hall–Kier alpha value is -3.93. The van der Waals surface area contributed by atoms with Gasteiger partial charge in [-0.3, -0.25) is 4.79 Å². The number of aromatic nitrogens is 5. The van der Waals surface area contributed by atoms with Crippen LogP contribution >= 0.6 is 11.8 Å². The van der Waals surface area contributed by atoms with Crippen LogP contribution in [0.2, 0.25) is 0 Å². The molecule has 0 radical (unpaired) electrons. The molecule has 0 aliphatic heterocycles. The number of amides is 1. The van der Waals surface area contributed by atoms with Gasteiger partial charge in [0.2, 0.25) is 11.6 Å². The quantitative estimate of drug-likeness (QED) is 0.258. The number of rotatable bonds is 7. The molecule has 3 aromatic heterocycles. The van der Waals surface area contributed by atoms with Crippen LogP contribution in [-0.4, -0.2) is 37.4 Å². The lowest BCUT2D eigenvalue weighted by Crippen LogP contribution is -2.20. The fourth-order valence-corrected chi connectivity index (χ4v) is 3.36. The van der Waals surface area contributed by atoms with Crippen LogP contribution in [0.25, 0.3) is 5.82 Å². The fraction of sp³-hybridized carbons (Fsp3) is 0.111. The molecule has 0 atom stereocenters. The van der Waals surface area contributed by atoms with Crippen molar-refractivity contribution < 1.29 is 13.8 Å². The number of hydrogen-bond acceptors (Lipinski definition) is 10. The number of hydrogen-bond donors (Lipinski definition) is 2. The van der Waals surface area contributed by atoms with Gasteiger partial charge in [0.1, 0.15) is 0 Å². The van der Waals surface area contributed by atoms with Crippen LogP contribution in [0.4, 0.5) is 5.82 Å². The number of benzene rings is 1. The summed E-state index contributed by atoms with van der Waals surface area (Å²) in [4.78, 5) is 13.7. The van der Waals surface area contributed by atoms with Crippen LogP contribution in [0.15, 0.2) is 61.9 Å². The van der Waals surface area contributed by atoms with E-state index < -0.39 is 5.91 Å². The minimum atomic E-state index is -0.532. The van der Waals surface area contributed by atoms with Crippen molar-refractivity contribution in [1.29, 1.82) is 0 Å². The highest BCUT2D eigenvalue weighted by Crippen LogP contribution is 2.26. The molecule has 12 heteroatoms. The molecule has 1 aromatic carbocycles. The lowest BCUT2D eigenvalue weighted by atomic mass is 10.2. The molecule has 1 amide bonds. The van der Waals surface area contributed by atoms with Crippen LogP contribution in [-0.2, 0) is 5.75 Å². The zero-order valence-electron chi connectivity index (χ0n) is 15.7. The van der Waals surface area contributed by atoms with E-state index in [0.29, 0.717) is 17.0 Å². The molecule has 0 aliphatic rings. The highest BCUT2D eigenvalue weighted by Gasteiger charge is 2.24. The summed E-state index contributed by atoms with van der Waals surface area (Å²) in [7, 11) is 0. The normalized spacial score (nSPS) is 11.2. The van der Waals surface area contributed by atoms with E-state index in [1.807, 2.05) is 31.2 Å². The lowest BCUT2D eigenvalue weighted by Gasteiger charge is -2.06. The maximum absolute atomic E-state index is 12.7. The molecule has 4 aromatic rings. The molecule has 0 bridgehead atoms. The molecule has 0 saturated heterocycles. The number of nitrogens with two attached hydrogens (primary N) is 1. The van der Waals surface area contributed by atoms with E-state index in [1.165, 1.54) is 35.2 Å². The average molecular weight is 424 g/mol. The lowest BCUT2D eigenvalue weighted by molar-refractivity contribution is 0.0949. The summed E-state index contributed by atoms with van der Waals surface area (Å²) in [5.41, 5.74) is 10.6. The van der Waals surface area contributed by atoms with E-state index in [2.05, 4.69) is 35.8 Å². The summed E-state index contributed by atoms with van der Waals surface area (Å²) in [6, 6.07) is 9.71. The smallest absolute Gasteiger partial charge is 0.293 e. The predicted octanol–water partition coefficient (Wildman–Crippen LogP) is 2.19. The minimum Gasteiger partial charge on any atom is -0.472 e. The second kappa shape index (κ2) is 8.61. The van der Waals surface area contributed by atoms with E-state index >= 15 is 0 Å². The Morgan fingerprint density at radius 3 is 2.83 bits per heavy atom. The molecular formula is C18H16N8O3S. The van der Waals surface area contributed by atoms with Gasteiger partial charge >= 0.3 is 0 Å². The molecule has 0 aliphatic carbocycles. The van der Waals surface area contributed by atoms with Crippen LogP contribution < -0.4 is 11.2 Å². The number of nitrogens with one attached hydrogen (secondary N) is 1. The molecule has 0 unspecified atom stereocenters. The maximum Gasteiger partial charge on any atom is 0.293 e. The highest BCUT2D eigenvalue weighted by molar-refractivity contribution is 7.98. The van der Waals surface area contributed by atoms with E-state index in [1.54, 1.807) is 6.07 Å². The van der Waals surface area contributed by atoms with Gasteiger partial charge in [-0.2, -0.15) is 9.78 Å². The maximum atomic E-state index is 12.7. The molecule has 4 rings (SSSR count). The van der Waals surface area contributed by atoms with Gasteiger partial charge in [-0.05, 0) is 35.4 Å². The van der Waals surface area contributed by atoms with Crippen molar-refractivity contribution in [2.75, 3.05) is 5.73 Å². The molecule has 11 nitrogen and oxygen atoms in total. The number of anilines is 1. The van der Waals surface area contributed by atoms with Crippen LogP contribution in [0, 0.1) is 6.92 Å². The van der Waals surface area contributed by atoms with Crippen LogP contribution in [0.3, 0.4) is 0 Å². The molecule has 30 heavy (non-hydrogen) atoms. The zero-order chi connectivity index (χ0) is 20.9. The van der Waals surface area contributed by atoms with Crippen molar-refractivity contribution >= 4 is 29.7 Å². The third kappa shape index (κ3) is 4.22. The van der Waals surface area contributed by atoms with Gasteiger partial charge < -0.3 is 10.2 Å². The SMILES string of the molecule is Cc1ccc(SCc2c(C(=O)N/N=C\c3ccoc3)nnn2-c2nonc2N)cc1. The Labute approximate surface area is 174 Å². The first-order valence-corrected chi connectivity index (χ1v) is 9.68. The topological polar surface area (TPSA) is 150 Å². The average Bonchev–Trinajstić information content (AvgIpc) is 3.48. The summed E-state index contributed by atoms with van der Waals surface area (Å²) < 4.78 is 10.9. The third-order valence-corrected chi connectivity index (χ3v) is 5.02. The highest BCUT2D eigenvalue weighted by atomic mass is 32.2. The Kier molecular flexibility index (Phi) is 5.57. The van der Waals surface area contributed by atoms with E-state index in [-0.39, 0.29) is 17.3 Å². The first kappa shape index (κ1) is 19.4. The van der Waals surface area contributed by atoms with Crippen molar-refractivity contribution in [2.24, 2.45) is 5.10 Å². The van der Waals surface area contributed by atoms with E-state index in [0.717, 1.165) is 10.5 Å². The third-order valence-electron chi connectivity index (χ3n) is 3.99. The van der Waals surface area contributed by atoms with Crippen LogP contribution in [0.5, 0.6) is 0 Å². The number of thioether (sulfide) groups is 1. The standard InChI is InChI=1S/C18H16N8O3S/c1-11-2-4-13(5-3-11)30-10-14-15(18(27)22-20-8-12-6-7-28-9-12)21-25-26(14)17-16(19)23-29-24-17/h2-9H,10H2,1H3,(H2,19,23)(H,22,27)/b20-8-. The second-order valence-corrected chi connectivity index (χ2v) is 7.18. The first-order valence-electron chi connectivity index (χ1n) is 8.70. The number of nitrogen functional groups attached to an aromatic ring is 1. The first-order chi connectivity index (χ1) is 14.6. The molecule has 0 spiro atoms. The molecule has 0 saturated carbocycles. The summed E-state index contributed by atoms with van der Waals surface area (Å²) in [5.74, 6) is 0.0289. The molecule has 152 valence electrons. The number of hydrazone groups is 1. The summed E-state index contributed by atoms with van der Waals surface area (Å²) >= 11 is 1.51. The summed E-state index contributed by atoms with van der Waals surface area (Å²) in [6.07, 6.45) is 4.45. The molecule has 0 fully saturated rings. The van der Waals surface area contributed by atoms with Crippen LogP contribution in [0.1, 0.15) is 27.3 Å². The zero-order valence-corrected chi connectivity index (χ0v) is 16.5. The summed E-state index contributed by atoms with van der Waals surface area (Å²) in [6.45, 7) is 2.01. The number of carbonyl (C=O) groups excluding carboxylic acids is 1. The number of nitrogens with zero attached hydrogens (tertiary/aromatic N) is 6. The predicted molar refractivity (Wildman–Crippen MR) is 108 cm³/mol. The van der Waals surface area contributed by atoms with Crippen molar-refractivity contribution in [3.05, 3.63) is 65.4 Å². The Balaban J connectivity index is 1.59.